The van der Waals surface area contributed by atoms with Gasteiger partial charge in [-0.25, -0.2) is 0 Å². The van der Waals surface area contributed by atoms with Crippen LogP contribution in [0.1, 0.15) is 6.92 Å². The van der Waals surface area contributed by atoms with Gasteiger partial charge in [0.2, 0.25) is 0 Å². The first-order valence-electron chi connectivity index (χ1n) is 4.04. The first-order chi connectivity index (χ1) is 6.24. The Bertz CT molecular complexity index is 310. The van der Waals surface area contributed by atoms with Gasteiger partial charge in [-0.2, -0.15) is 0 Å². The van der Waals surface area contributed by atoms with Gasteiger partial charge in [0.15, 0.2) is 0 Å². The van der Waals surface area contributed by atoms with E-state index in [0.29, 0.717) is 0 Å². The number of hydrogen-bond donors (Lipinski definition) is 1. The van der Waals surface area contributed by atoms with Crippen LogP contribution in [0.25, 0.3) is 0 Å². The zero-order valence-corrected chi connectivity index (χ0v) is 11.1. The minimum absolute atomic E-state index is 0.879. The van der Waals surface area contributed by atoms with Crippen molar-refractivity contribution >= 4 is 44.2 Å². The third-order valence-corrected chi connectivity index (χ3v) is 3.92. The molecule has 0 aliphatic carbocycles. The van der Waals surface area contributed by atoms with E-state index in [1.54, 1.807) is 0 Å². The molecule has 0 fully saturated rings. The van der Waals surface area contributed by atoms with Crippen LogP contribution in [0.2, 0.25) is 0 Å². The number of hydrogen-bond acceptors (Lipinski definition) is 1. The highest BCUT2D eigenvalue weighted by atomic mass is 127. The minimum atomic E-state index is 0.879. The summed E-state index contributed by atoms with van der Waals surface area (Å²) in [7, 11) is 0. The molecule has 0 radical (unpaired) electrons. The summed E-state index contributed by atoms with van der Waals surface area (Å²) >= 11 is 5.79. The van der Waals surface area contributed by atoms with E-state index in [2.05, 4.69) is 68.1 Å². The first-order valence-corrected chi connectivity index (χ1v) is 5.91. The number of halogens is 2. The Morgan fingerprint density at radius 3 is 2.92 bits per heavy atom. The van der Waals surface area contributed by atoms with Crippen molar-refractivity contribution in [1.29, 1.82) is 0 Å². The Labute approximate surface area is 101 Å². The molecule has 0 atom stereocenters. The summed E-state index contributed by atoms with van der Waals surface area (Å²) in [6, 6.07) is 6.25. The van der Waals surface area contributed by atoms with Gasteiger partial charge in [0.1, 0.15) is 0 Å². The molecule has 0 saturated heterocycles. The molecular weight excluding hydrogens is 341 g/mol. The van der Waals surface area contributed by atoms with Crippen LogP contribution in [0.5, 0.6) is 0 Å². The minimum Gasteiger partial charge on any atom is -0.382 e. The van der Waals surface area contributed by atoms with Gasteiger partial charge in [0.25, 0.3) is 0 Å². The monoisotopic (exact) mass is 351 g/mol. The van der Waals surface area contributed by atoms with Crippen LogP contribution in [0.15, 0.2) is 34.8 Å². The predicted molar refractivity (Wildman–Crippen MR) is 70.2 cm³/mol. The van der Waals surface area contributed by atoms with Gasteiger partial charge in [0, 0.05) is 20.3 Å². The van der Waals surface area contributed by atoms with Crippen LogP contribution in [0.4, 0.5) is 5.69 Å². The van der Waals surface area contributed by atoms with Gasteiger partial charge in [-0.15, -0.1) is 0 Å². The van der Waals surface area contributed by atoms with Crippen molar-refractivity contribution in [2.75, 3.05) is 11.9 Å². The van der Waals surface area contributed by atoms with E-state index < -0.39 is 0 Å². The van der Waals surface area contributed by atoms with Crippen molar-refractivity contribution < 1.29 is 0 Å². The fourth-order valence-electron chi connectivity index (χ4n) is 0.901. The molecule has 1 aromatic rings. The molecule has 0 amide bonds. The average molecular weight is 352 g/mol. The molecule has 0 saturated carbocycles. The Hall–Kier alpha value is -0.0300. The smallest absolute Gasteiger partial charge is 0.0354 e. The van der Waals surface area contributed by atoms with Crippen molar-refractivity contribution in [2.24, 2.45) is 0 Å². The van der Waals surface area contributed by atoms with Crippen LogP contribution < -0.4 is 5.32 Å². The van der Waals surface area contributed by atoms with E-state index in [1.807, 2.05) is 13.0 Å². The lowest BCUT2D eigenvalue weighted by atomic mass is 10.3. The van der Waals surface area contributed by atoms with E-state index in [-0.39, 0.29) is 0 Å². The second-order valence-corrected chi connectivity index (χ2v) is 4.60. The highest BCUT2D eigenvalue weighted by Gasteiger charge is 1.96. The Morgan fingerprint density at radius 2 is 2.31 bits per heavy atom. The van der Waals surface area contributed by atoms with E-state index >= 15 is 0 Å². The van der Waals surface area contributed by atoms with Crippen LogP contribution in [0, 0.1) is 3.57 Å². The quantitative estimate of drug-likeness (QED) is 0.640. The standard InChI is InChI=1S/C10H11BrIN/c1-2-3-6-13-8-4-5-10(12)9(11)7-8/h2-5,7,13H,6H2,1H3/b3-2+. The summed E-state index contributed by atoms with van der Waals surface area (Å²) in [5.41, 5.74) is 1.14. The largest absolute Gasteiger partial charge is 0.382 e. The molecule has 3 heteroatoms. The summed E-state index contributed by atoms with van der Waals surface area (Å²) in [5.74, 6) is 0. The molecule has 0 bridgehead atoms. The van der Waals surface area contributed by atoms with Crippen molar-refractivity contribution in [3.8, 4) is 0 Å². The summed E-state index contributed by atoms with van der Waals surface area (Å²) < 4.78 is 2.37. The first kappa shape index (κ1) is 11.0. The van der Waals surface area contributed by atoms with E-state index in [0.717, 1.165) is 16.7 Å². The zero-order chi connectivity index (χ0) is 9.68. The van der Waals surface area contributed by atoms with Crippen LogP contribution >= 0.6 is 38.5 Å². The molecule has 0 aromatic heterocycles. The second-order valence-electron chi connectivity index (χ2n) is 2.58. The van der Waals surface area contributed by atoms with E-state index in [1.165, 1.54) is 3.57 Å². The summed E-state index contributed by atoms with van der Waals surface area (Å²) in [4.78, 5) is 0. The molecule has 1 aromatic carbocycles. The van der Waals surface area contributed by atoms with Gasteiger partial charge in [0.05, 0.1) is 0 Å². The topological polar surface area (TPSA) is 12.0 Å². The number of nitrogens with one attached hydrogen (secondary N) is 1. The lowest BCUT2D eigenvalue weighted by Crippen LogP contribution is -1.97. The maximum absolute atomic E-state index is 3.49. The second kappa shape index (κ2) is 5.65. The van der Waals surface area contributed by atoms with Crippen LogP contribution in [-0.2, 0) is 0 Å². The molecule has 0 aliphatic heterocycles. The lowest BCUT2D eigenvalue weighted by molar-refractivity contribution is 1.32. The number of rotatable bonds is 3. The third kappa shape index (κ3) is 3.68. The van der Waals surface area contributed by atoms with E-state index in [4.69, 9.17) is 0 Å². The molecular formula is C10H11BrIN. The summed E-state index contributed by atoms with van der Waals surface area (Å²) in [6.45, 7) is 2.90. The normalized spacial score (nSPS) is 10.7. The molecule has 1 nitrogen and oxygen atoms in total. The lowest BCUT2D eigenvalue weighted by Gasteiger charge is -2.04. The summed E-state index contributed by atoms with van der Waals surface area (Å²) in [5, 5.41) is 3.29. The van der Waals surface area contributed by atoms with Crippen molar-refractivity contribution in [1.82, 2.24) is 0 Å². The van der Waals surface area contributed by atoms with Crippen LogP contribution in [0.3, 0.4) is 0 Å². The summed E-state index contributed by atoms with van der Waals surface area (Å²) in [6.07, 6.45) is 4.13. The van der Waals surface area contributed by atoms with Gasteiger partial charge in [-0.3, -0.25) is 0 Å². The molecule has 0 unspecified atom stereocenters. The number of allylic oxidation sites excluding steroid dienone is 1. The van der Waals surface area contributed by atoms with E-state index in [9.17, 15) is 0 Å². The fourth-order valence-corrected chi connectivity index (χ4v) is 1.62. The molecule has 13 heavy (non-hydrogen) atoms. The number of benzene rings is 1. The molecule has 0 heterocycles. The molecule has 0 spiro atoms. The van der Waals surface area contributed by atoms with Gasteiger partial charge in [-0.05, 0) is 63.6 Å². The zero-order valence-electron chi connectivity index (χ0n) is 7.35. The molecule has 1 rings (SSSR count). The van der Waals surface area contributed by atoms with Gasteiger partial charge >= 0.3 is 0 Å². The average Bonchev–Trinajstić information content (AvgIpc) is 2.12. The fraction of sp³-hybridized carbons (Fsp3) is 0.200. The van der Waals surface area contributed by atoms with Gasteiger partial charge in [-0.1, -0.05) is 12.2 Å². The third-order valence-electron chi connectivity index (χ3n) is 1.58. The molecule has 1 N–H and O–H groups in total. The highest BCUT2D eigenvalue weighted by molar-refractivity contribution is 14.1. The Balaban J connectivity index is 2.63. The maximum atomic E-state index is 3.49. The predicted octanol–water partition coefficient (Wildman–Crippen LogP) is 4.04. The number of anilines is 1. The Kier molecular flexibility index (Phi) is 4.80. The Morgan fingerprint density at radius 1 is 1.54 bits per heavy atom. The van der Waals surface area contributed by atoms with Crippen molar-refractivity contribution in [3.05, 3.63) is 38.4 Å². The van der Waals surface area contributed by atoms with Crippen molar-refractivity contribution in [2.45, 2.75) is 6.92 Å². The highest BCUT2D eigenvalue weighted by Crippen LogP contribution is 2.22. The SMILES string of the molecule is C/C=C/CNc1ccc(I)c(Br)c1. The van der Waals surface area contributed by atoms with Crippen molar-refractivity contribution in [3.63, 3.8) is 0 Å². The van der Waals surface area contributed by atoms with Gasteiger partial charge < -0.3 is 5.32 Å². The van der Waals surface area contributed by atoms with Crippen LogP contribution in [-0.4, -0.2) is 6.54 Å². The molecule has 70 valence electrons. The maximum Gasteiger partial charge on any atom is 0.0354 e. The molecule has 0 aliphatic rings.